The molecule has 17 heavy (non-hydrogen) atoms. The van der Waals surface area contributed by atoms with Gasteiger partial charge in [-0.05, 0) is 6.92 Å². The Balaban J connectivity index is 2.12. The fourth-order valence-electron chi connectivity index (χ4n) is 1.71. The summed E-state index contributed by atoms with van der Waals surface area (Å²) in [5, 5.41) is 11.6. The maximum absolute atomic E-state index is 8.63. The van der Waals surface area contributed by atoms with Gasteiger partial charge in [0.25, 0.3) is 0 Å². The maximum Gasteiger partial charge on any atom is 0.170 e. The Morgan fingerprint density at radius 3 is 3.18 bits per heavy atom. The molecule has 1 unspecified atom stereocenters. The monoisotopic (exact) mass is 237 g/mol. The highest BCUT2D eigenvalue weighted by Crippen LogP contribution is 2.15. The molecular formula is C10H15N5O2. The molecule has 1 atom stereocenters. The van der Waals surface area contributed by atoms with Crippen LogP contribution in [0.15, 0.2) is 17.5 Å². The molecule has 2 rings (SSSR count). The summed E-state index contributed by atoms with van der Waals surface area (Å²) in [6, 6.07) is 1.90. The second-order valence-corrected chi connectivity index (χ2v) is 3.85. The first-order chi connectivity index (χ1) is 8.20. The van der Waals surface area contributed by atoms with Gasteiger partial charge in [0.15, 0.2) is 5.84 Å². The molecule has 0 aromatic carbocycles. The van der Waals surface area contributed by atoms with Gasteiger partial charge in [0.1, 0.15) is 18.2 Å². The second kappa shape index (κ2) is 4.96. The quantitative estimate of drug-likeness (QED) is 0.318. The van der Waals surface area contributed by atoms with E-state index < -0.39 is 6.10 Å². The molecular weight excluding hydrogens is 222 g/mol. The van der Waals surface area contributed by atoms with Crippen LogP contribution in [0.2, 0.25) is 0 Å². The largest absolute Gasteiger partial charge is 0.409 e. The van der Waals surface area contributed by atoms with Gasteiger partial charge in [0.2, 0.25) is 0 Å². The van der Waals surface area contributed by atoms with Crippen molar-refractivity contribution in [1.29, 1.82) is 0 Å². The Labute approximate surface area is 98.9 Å². The Bertz CT molecular complexity index is 423. The normalized spacial score (nSPS) is 21.6. The molecule has 0 amide bonds. The van der Waals surface area contributed by atoms with Crippen molar-refractivity contribution in [2.24, 2.45) is 10.9 Å². The minimum atomic E-state index is -0.399. The molecule has 0 aliphatic carbocycles. The summed E-state index contributed by atoms with van der Waals surface area (Å²) >= 11 is 0. The predicted molar refractivity (Wildman–Crippen MR) is 62.1 cm³/mol. The number of aryl methyl sites for hydroxylation is 1. The predicted octanol–water partition coefficient (Wildman–Crippen LogP) is -0.263. The Hall–Kier alpha value is -1.89. The van der Waals surface area contributed by atoms with Crippen LogP contribution in [-0.4, -0.2) is 46.8 Å². The minimum absolute atomic E-state index is 0.0838. The van der Waals surface area contributed by atoms with Crippen LogP contribution in [0.3, 0.4) is 0 Å². The van der Waals surface area contributed by atoms with E-state index >= 15 is 0 Å². The number of nitrogens with two attached hydrogens (primary N) is 1. The molecule has 1 saturated heterocycles. The van der Waals surface area contributed by atoms with Crippen LogP contribution < -0.4 is 10.6 Å². The van der Waals surface area contributed by atoms with Gasteiger partial charge < -0.3 is 20.6 Å². The summed E-state index contributed by atoms with van der Waals surface area (Å²) in [6.45, 7) is 3.68. The van der Waals surface area contributed by atoms with E-state index in [0.717, 1.165) is 18.1 Å². The molecule has 2 heterocycles. The number of ether oxygens (including phenoxy) is 1. The van der Waals surface area contributed by atoms with Gasteiger partial charge in [-0.3, -0.25) is 0 Å². The highest BCUT2D eigenvalue weighted by Gasteiger charge is 2.24. The second-order valence-electron chi connectivity index (χ2n) is 3.85. The van der Waals surface area contributed by atoms with Gasteiger partial charge >= 0.3 is 0 Å². The van der Waals surface area contributed by atoms with Gasteiger partial charge in [-0.25, -0.2) is 9.97 Å². The van der Waals surface area contributed by atoms with Crippen molar-refractivity contribution in [3.63, 3.8) is 0 Å². The van der Waals surface area contributed by atoms with Crippen molar-refractivity contribution >= 4 is 11.7 Å². The Morgan fingerprint density at radius 2 is 2.47 bits per heavy atom. The van der Waals surface area contributed by atoms with E-state index in [-0.39, 0.29) is 5.84 Å². The van der Waals surface area contributed by atoms with E-state index in [1.54, 1.807) is 0 Å². The van der Waals surface area contributed by atoms with Crippen LogP contribution in [0.25, 0.3) is 0 Å². The first-order valence-electron chi connectivity index (χ1n) is 5.33. The number of amidine groups is 1. The molecule has 7 nitrogen and oxygen atoms in total. The lowest BCUT2D eigenvalue weighted by Gasteiger charge is -2.32. The summed E-state index contributed by atoms with van der Waals surface area (Å²) in [4.78, 5) is 10.3. The highest BCUT2D eigenvalue weighted by molar-refractivity contribution is 5.85. The summed E-state index contributed by atoms with van der Waals surface area (Å²) < 4.78 is 5.41. The van der Waals surface area contributed by atoms with E-state index in [9.17, 15) is 0 Å². The molecule has 92 valence electrons. The van der Waals surface area contributed by atoms with Crippen LogP contribution >= 0.6 is 0 Å². The average Bonchev–Trinajstić information content (AvgIpc) is 2.38. The highest BCUT2D eigenvalue weighted by atomic mass is 16.5. The third kappa shape index (κ3) is 2.62. The third-order valence-electron chi connectivity index (χ3n) is 2.63. The Kier molecular flexibility index (Phi) is 3.38. The van der Waals surface area contributed by atoms with Gasteiger partial charge in [-0.15, -0.1) is 0 Å². The number of rotatable bonds is 2. The van der Waals surface area contributed by atoms with Crippen LogP contribution in [0, 0.1) is 6.92 Å². The van der Waals surface area contributed by atoms with Crippen molar-refractivity contribution in [3.8, 4) is 0 Å². The topological polar surface area (TPSA) is 96.9 Å². The molecule has 3 N–H and O–H groups in total. The zero-order chi connectivity index (χ0) is 12.3. The van der Waals surface area contributed by atoms with Crippen LogP contribution in [0.5, 0.6) is 0 Å². The third-order valence-corrected chi connectivity index (χ3v) is 2.63. The van der Waals surface area contributed by atoms with Gasteiger partial charge in [-0.1, -0.05) is 5.16 Å². The van der Waals surface area contributed by atoms with E-state index in [4.69, 9.17) is 15.7 Å². The summed E-state index contributed by atoms with van der Waals surface area (Å²) in [5.41, 5.74) is 6.44. The number of oxime groups is 1. The van der Waals surface area contributed by atoms with Crippen molar-refractivity contribution in [3.05, 3.63) is 18.1 Å². The van der Waals surface area contributed by atoms with E-state index in [2.05, 4.69) is 15.1 Å². The fourth-order valence-corrected chi connectivity index (χ4v) is 1.71. The van der Waals surface area contributed by atoms with Crippen LogP contribution in [0.4, 0.5) is 5.82 Å². The van der Waals surface area contributed by atoms with Crippen molar-refractivity contribution < 1.29 is 9.94 Å². The molecule has 0 bridgehead atoms. The van der Waals surface area contributed by atoms with Crippen LogP contribution in [-0.2, 0) is 4.74 Å². The van der Waals surface area contributed by atoms with Gasteiger partial charge in [0, 0.05) is 18.3 Å². The average molecular weight is 237 g/mol. The number of nitrogens with zero attached hydrogens (tertiary/aromatic N) is 4. The van der Waals surface area contributed by atoms with Crippen molar-refractivity contribution in [1.82, 2.24) is 9.97 Å². The summed E-state index contributed by atoms with van der Waals surface area (Å²) in [6.07, 6.45) is 1.13. The fraction of sp³-hybridized carbons (Fsp3) is 0.500. The molecule has 0 saturated carbocycles. The molecule has 0 spiro atoms. The van der Waals surface area contributed by atoms with Crippen LogP contribution in [0.1, 0.15) is 5.69 Å². The van der Waals surface area contributed by atoms with Crippen molar-refractivity contribution in [2.45, 2.75) is 13.0 Å². The Morgan fingerprint density at radius 1 is 1.65 bits per heavy atom. The summed E-state index contributed by atoms with van der Waals surface area (Å²) in [7, 11) is 0. The van der Waals surface area contributed by atoms with E-state index in [0.29, 0.717) is 13.2 Å². The van der Waals surface area contributed by atoms with Gasteiger partial charge in [-0.2, -0.15) is 0 Å². The zero-order valence-corrected chi connectivity index (χ0v) is 9.58. The van der Waals surface area contributed by atoms with E-state index in [1.807, 2.05) is 17.9 Å². The minimum Gasteiger partial charge on any atom is -0.409 e. The number of aromatic nitrogens is 2. The number of hydrogen-bond acceptors (Lipinski definition) is 6. The number of hydrogen-bond donors (Lipinski definition) is 2. The molecule has 7 heteroatoms. The number of morpholine rings is 1. The molecule has 1 aliphatic heterocycles. The molecule has 1 fully saturated rings. The zero-order valence-electron chi connectivity index (χ0n) is 9.58. The van der Waals surface area contributed by atoms with Gasteiger partial charge in [0.05, 0.1) is 13.2 Å². The smallest absolute Gasteiger partial charge is 0.170 e. The first kappa shape index (κ1) is 11.6. The van der Waals surface area contributed by atoms with E-state index in [1.165, 1.54) is 6.33 Å². The summed E-state index contributed by atoms with van der Waals surface area (Å²) in [5.74, 6) is 0.914. The molecule has 0 radical (unpaired) electrons. The lowest BCUT2D eigenvalue weighted by Crippen LogP contribution is -2.48. The standard InChI is InChI=1S/C10H15N5O2/c1-7-4-9(13-6-12-7)15-2-3-17-8(5-15)10(11)14-16/h4,6,8,16H,2-3,5H2,1H3,(H2,11,14). The first-order valence-corrected chi connectivity index (χ1v) is 5.33. The lowest BCUT2D eigenvalue weighted by molar-refractivity contribution is 0.0804. The number of anilines is 1. The lowest BCUT2D eigenvalue weighted by atomic mass is 10.2. The maximum atomic E-state index is 8.63. The molecule has 1 aromatic heterocycles. The van der Waals surface area contributed by atoms with Crippen molar-refractivity contribution in [2.75, 3.05) is 24.6 Å². The molecule has 1 aromatic rings. The SMILES string of the molecule is Cc1cc(N2CCOC(/C(N)=N/O)C2)ncn1. The molecule has 1 aliphatic rings.